The van der Waals surface area contributed by atoms with E-state index in [1.54, 1.807) is 55.5 Å². The van der Waals surface area contributed by atoms with Gasteiger partial charge in [-0.15, -0.1) is 0 Å². The number of aliphatic hydroxyl groups is 1. The number of rotatable bonds is 13. The van der Waals surface area contributed by atoms with Crippen LogP contribution in [0.1, 0.15) is 43.1 Å². The summed E-state index contributed by atoms with van der Waals surface area (Å²) in [6, 6.07) is 17.8. The molecule has 3 aromatic rings. The Kier molecular flexibility index (Phi) is 10.4. The molecule has 1 heterocycles. The summed E-state index contributed by atoms with van der Waals surface area (Å²) in [5.74, 6) is -0.0260. The third kappa shape index (κ3) is 7.89. The molecule has 3 atom stereocenters. The summed E-state index contributed by atoms with van der Waals surface area (Å²) in [6.45, 7) is 6.65. The van der Waals surface area contributed by atoms with Gasteiger partial charge in [-0.25, -0.2) is 8.42 Å². The van der Waals surface area contributed by atoms with E-state index < -0.39 is 33.0 Å². The predicted octanol–water partition coefficient (Wildman–Crippen LogP) is 4.34. The van der Waals surface area contributed by atoms with E-state index in [0.29, 0.717) is 35.8 Å². The van der Waals surface area contributed by atoms with Crippen LogP contribution in [0.2, 0.25) is 0 Å². The van der Waals surface area contributed by atoms with E-state index in [0.717, 1.165) is 18.6 Å². The molecule has 1 amide bonds. The monoisotopic (exact) mass is 611 g/mol. The highest BCUT2D eigenvalue weighted by molar-refractivity contribution is 7.92. The van der Waals surface area contributed by atoms with Crippen LogP contribution in [0.15, 0.2) is 77.7 Å². The van der Waals surface area contributed by atoms with Gasteiger partial charge < -0.3 is 19.9 Å². The van der Waals surface area contributed by atoms with Crippen LogP contribution in [-0.4, -0.2) is 62.4 Å². The zero-order valence-electron chi connectivity index (χ0n) is 24.4. The molecule has 4 rings (SSSR count). The number of hydrogen-bond acceptors (Lipinski definition) is 8. The van der Waals surface area contributed by atoms with Crippen molar-refractivity contribution in [2.45, 2.75) is 56.8 Å². The number of aliphatic hydroxyl groups excluding tert-OH is 1. The number of anilines is 1. The SMILES string of the molecule is CC(C)CN(c1ccccc1C[C@@H](O)[C@H](C)NC(=O)c1ccccc1O[C@H]1CCOC1)S(=O)(=O)c1ccc([N+](=O)[O-])cc1. The van der Waals surface area contributed by atoms with Crippen LogP contribution in [-0.2, 0) is 21.2 Å². The van der Waals surface area contributed by atoms with Crippen molar-refractivity contribution < 1.29 is 32.7 Å². The van der Waals surface area contributed by atoms with Crippen LogP contribution in [0.3, 0.4) is 0 Å². The summed E-state index contributed by atoms with van der Waals surface area (Å²) in [5.41, 5.74) is 1.07. The second-order valence-corrected chi connectivity index (χ2v) is 12.8. The molecule has 0 bridgehead atoms. The van der Waals surface area contributed by atoms with Crippen LogP contribution in [0.25, 0.3) is 0 Å². The minimum Gasteiger partial charge on any atom is -0.487 e. The lowest BCUT2D eigenvalue weighted by molar-refractivity contribution is -0.384. The Morgan fingerprint density at radius 3 is 2.42 bits per heavy atom. The first-order valence-electron chi connectivity index (χ1n) is 14.1. The van der Waals surface area contributed by atoms with Crippen molar-refractivity contribution in [3.05, 3.63) is 94.0 Å². The zero-order chi connectivity index (χ0) is 31.1. The maximum Gasteiger partial charge on any atom is 0.269 e. The molecule has 2 N–H and O–H groups in total. The minimum absolute atomic E-state index is 0.0536. The number of nitrogens with zero attached hydrogens (tertiary/aromatic N) is 2. The number of hydrogen-bond donors (Lipinski definition) is 2. The Labute approximate surface area is 251 Å². The number of nitro benzene ring substituents is 1. The van der Waals surface area contributed by atoms with Gasteiger partial charge in [-0.2, -0.15) is 0 Å². The molecule has 230 valence electrons. The van der Waals surface area contributed by atoms with Gasteiger partial charge >= 0.3 is 0 Å². The average molecular weight is 612 g/mol. The molecule has 12 heteroatoms. The van der Waals surface area contributed by atoms with Gasteiger partial charge in [0.2, 0.25) is 0 Å². The number of carbonyl (C=O) groups excluding carboxylic acids is 1. The van der Waals surface area contributed by atoms with Crippen LogP contribution in [0.5, 0.6) is 5.75 Å². The molecule has 3 aromatic carbocycles. The molecular weight excluding hydrogens is 574 g/mol. The molecule has 43 heavy (non-hydrogen) atoms. The molecule has 1 saturated heterocycles. The van der Waals surface area contributed by atoms with Crippen molar-refractivity contribution in [1.82, 2.24) is 5.32 Å². The maximum atomic E-state index is 13.8. The lowest BCUT2D eigenvalue weighted by Crippen LogP contribution is -2.42. The first kappa shape index (κ1) is 31.9. The molecule has 0 aromatic heterocycles. The molecule has 1 aliphatic heterocycles. The highest BCUT2D eigenvalue weighted by atomic mass is 32.2. The van der Waals surface area contributed by atoms with Crippen molar-refractivity contribution in [2.24, 2.45) is 5.92 Å². The van der Waals surface area contributed by atoms with E-state index in [-0.39, 0.29) is 35.6 Å². The Morgan fingerprint density at radius 1 is 1.09 bits per heavy atom. The van der Waals surface area contributed by atoms with Gasteiger partial charge in [0.1, 0.15) is 11.9 Å². The smallest absolute Gasteiger partial charge is 0.269 e. The Bertz CT molecular complexity index is 1520. The van der Waals surface area contributed by atoms with Gasteiger partial charge in [0.05, 0.1) is 46.4 Å². The lowest BCUT2D eigenvalue weighted by Gasteiger charge is -2.29. The zero-order valence-corrected chi connectivity index (χ0v) is 25.2. The Hall–Kier alpha value is -4.00. The first-order valence-corrected chi connectivity index (χ1v) is 15.6. The number of para-hydroxylation sites is 2. The van der Waals surface area contributed by atoms with E-state index in [9.17, 15) is 28.4 Å². The van der Waals surface area contributed by atoms with Crippen LogP contribution in [0.4, 0.5) is 11.4 Å². The summed E-state index contributed by atoms with van der Waals surface area (Å²) in [5, 5.41) is 25.1. The quantitative estimate of drug-likeness (QED) is 0.214. The fourth-order valence-corrected chi connectivity index (χ4v) is 6.44. The van der Waals surface area contributed by atoms with Crippen LogP contribution >= 0.6 is 0 Å². The maximum absolute atomic E-state index is 13.8. The summed E-state index contributed by atoms with van der Waals surface area (Å²) in [4.78, 5) is 23.6. The number of sulfonamides is 1. The second-order valence-electron chi connectivity index (χ2n) is 10.9. The fourth-order valence-electron chi connectivity index (χ4n) is 4.78. The number of benzene rings is 3. The third-order valence-corrected chi connectivity index (χ3v) is 8.90. The number of carbonyl (C=O) groups is 1. The first-order chi connectivity index (χ1) is 20.5. The fraction of sp³-hybridized carbons (Fsp3) is 0.387. The molecule has 1 fully saturated rings. The summed E-state index contributed by atoms with van der Waals surface area (Å²) in [7, 11) is -4.10. The van der Waals surface area contributed by atoms with E-state index in [4.69, 9.17) is 9.47 Å². The molecule has 0 spiro atoms. The van der Waals surface area contributed by atoms with E-state index in [1.807, 2.05) is 13.8 Å². The summed E-state index contributed by atoms with van der Waals surface area (Å²) < 4.78 is 40.2. The number of ether oxygens (including phenoxy) is 2. The predicted molar refractivity (Wildman–Crippen MR) is 162 cm³/mol. The van der Waals surface area contributed by atoms with Crippen molar-refractivity contribution in [3.8, 4) is 5.75 Å². The molecule has 0 radical (unpaired) electrons. The van der Waals surface area contributed by atoms with Crippen molar-refractivity contribution >= 4 is 27.3 Å². The standard InChI is InChI=1S/C31H37N3O8S/c1-21(2)19-33(43(39,40)26-14-12-24(13-15-26)34(37)38)28-10-6-4-8-23(28)18-29(35)22(3)32-31(36)27-9-5-7-11-30(27)42-25-16-17-41-20-25/h4-15,21-22,25,29,35H,16-20H2,1-3H3,(H,32,36)/t22-,25-,29+/m0/s1. The third-order valence-electron chi connectivity index (χ3n) is 7.11. The van der Waals surface area contributed by atoms with Crippen molar-refractivity contribution in [3.63, 3.8) is 0 Å². The van der Waals surface area contributed by atoms with Gasteiger partial charge in [0.15, 0.2) is 0 Å². The second kappa shape index (κ2) is 14.0. The number of nitro groups is 1. The van der Waals surface area contributed by atoms with E-state index >= 15 is 0 Å². The Balaban J connectivity index is 1.53. The topological polar surface area (TPSA) is 148 Å². The Morgan fingerprint density at radius 2 is 1.77 bits per heavy atom. The molecule has 11 nitrogen and oxygen atoms in total. The highest BCUT2D eigenvalue weighted by Gasteiger charge is 2.29. The van der Waals surface area contributed by atoms with Gasteiger partial charge in [-0.1, -0.05) is 44.2 Å². The molecule has 0 unspecified atom stereocenters. The van der Waals surface area contributed by atoms with Crippen molar-refractivity contribution in [2.75, 3.05) is 24.1 Å². The van der Waals surface area contributed by atoms with Gasteiger partial charge in [0.25, 0.3) is 21.6 Å². The number of nitrogens with one attached hydrogen (secondary N) is 1. The normalized spacial score (nSPS) is 16.4. The van der Waals surface area contributed by atoms with Crippen molar-refractivity contribution in [1.29, 1.82) is 0 Å². The average Bonchev–Trinajstić information content (AvgIpc) is 3.49. The summed E-state index contributed by atoms with van der Waals surface area (Å²) in [6.07, 6.45) is -0.397. The number of non-ortho nitro benzene ring substituents is 1. The molecule has 1 aliphatic rings. The molecule has 0 saturated carbocycles. The van der Waals surface area contributed by atoms with E-state index in [1.165, 1.54) is 16.4 Å². The highest BCUT2D eigenvalue weighted by Crippen LogP contribution is 2.30. The largest absolute Gasteiger partial charge is 0.487 e. The van der Waals surface area contributed by atoms with Gasteiger partial charge in [-0.05, 0) is 48.7 Å². The van der Waals surface area contributed by atoms with E-state index in [2.05, 4.69) is 5.32 Å². The minimum atomic E-state index is -4.10. The van der Waals surface area contributed by atoms with Gasteiger partial charge in [0, 0.05) is 31.5 Å². The number of amides is 1. The molecular formula is C31H37N3O8S. The molecule has 0 aliphatic carbocycles. The van der Waals surface area contributed by atoms with Crippen LogP contribution in [0, 0.1) is 16.0 Å². The summed E-state index contributed by atoms with van der Waals surface area (Å²) >= 11 is 0. The van der Waals surface area contributed by atoms with Crippen LogP contribution < -0.4 is 14.4 Å². The van der Waals surface area contributed by atoms with Gasteiger partial charge in [-0.3, -0.25) is 19.2 Å². The lowest BCUT2D eigenvalue weighted by atomic mass is 10.0.